The van der Waals surface area contributed by atoms with Crippen molar-refractivity contribution >= 4 is 23.4 Å². The van der Waals surface area contributed by atoms with Crippen LogP contribution < -0.4 is 0 Å². The molecule has 0 spiro atoms. The fraction of sp³-hybridized carbons (Fsp3) is 0.400. The minimum atomic E-state index is -0.897. The van der Waals surface area contributed by atoms with Crippen LogP contribution in [0.2, 0.25) is 5.02 Å². The molecular weight excluding hydrogens is 444 g/mol. The van der Waals surface area contributed by atoms with Gasteiger partial charge in [-0.1, -0.05) is 80.0 Å². The Morgan fingerprint density at radius 1 is 1.18 bits per heavy atom. The van der Waals surface area contributed by atoms with Crippen molar-refractivity contribution in [3.8, 4) is 0 Å². The second kappa shape index (κ2) is 12.2. The molecule has 34 heavy (non-hydrogen) atoms. The van der Waals surface area contributed by atoms with Crippen molar-refractivity contribution in [2.75, 3.05) is 0 Å². The van der Waals surface area contributed by atoms with Gasteiger partial charge in [0.15, 0.2) is 5.78 Å². The topological polar surface area (TPSA) is 54.4 Å². The molecule has 0 aromatic heterocycles. The number of hydrogen-bond donors (Lipinski definition) is 1. The third-order valence-electron chi connectivity index (χ3n) is 6.50. The maximum atomic E-state index is 12.7. The number of carbonyl (C=O) groups is 2. The molecule has 1 aliphatic rings. The lowest BCUT2D eigenvalue weighted by molar-refractivity contribution is -0.138. The smallest absolute Gasteiger partial charge is 0.310 e. The fourth-order valence-corrected chi connectivity index (χ4v) is 4.75. The molecule has 1 aromatic rings. The molecule has 0 amide bonds. The summed E-state index contributed by atoms with van der Waals surface area (Å²) in [6.07, 6.45) is 15.9. The van der Waals surface area contributed by atoms with E-state index in [0.717, 1.165) is 11.1 Å². The zero-order chi connectivity index (χ0) is 25.5. The van der Waals surface area contributed by atoms with E-state index >= 15 is 0 Å². The van der Waals surface area contributed by atoms with E-state index in [2.05, 4.69) is 39.8 Å². The number of ketones is 1. The summed E-state index contributed by atoms with van der Waals surface area (Å²) in [6.45, 7) is 12.6. The number of hydrogen-bond acceptors (Lipinski definition) is 2. The lowest BCUT2D eigenvalue weighted by Crippen LogP contribution is -2.19. The largest absolute Gasteiger partial charge is 0.481 e. The summed E-state index contributed by atoms with van der Waals surface area (Å²) in [5.74, 6) is -1.73. The van der Waals surface area contributed by atoms with Crippen molar-refractivity contribution in [3.63, 3.8) is 0 Å². The molecule has 0 bridgehead atoms. The molecule has 1 atom stereocenters. The summed E-state index contributed by atoms with van der Waals surface area (Å²) in [7, 11) is 0. The standard InChI is InChI=1S/C30H37ClO3/c1-7-24(29(33)34)23-14-15-25(27(31)19-23)28(32)18-21(3)11-8-10-20(2)13-16-26-22(4)12-9-17-30(26,5)6/h8,10-11,13-16,18-19,24H,7,9,12,17H2,1-6H3,(H,33,34)/b11-8+,16-13+,20-10+,21-18+. The van der Waals surface area contributed by atoms with E-state index in [-0.39, 0.29) is 16.2 Å². The minimum absolute atomic E-state index is 0.204. The van der Waals surface area contributed by atoms with E-state index in [4.69, 9.17) is 11.6 Å². The summed E-state index contributed by atoms with van der Waals surface area (Å²) >= 11 is 6.31. The summed E-state index contributed by atoms with van der Waals surface area (Å²) in [6, 6.07) is 4.86. The van der Waals surface area contributed by atoms with E-state index in [9.17, 15) is 14.7 Å². The van der Waals surface area contributed by atoms with Gasteiger partial charge in [-0.2, -0.15) is 0 Å². The van der Waals surface area contributed by atoms with Crippen LogP contribution in [-0.4, -0.2) is 16.9 Å². The number of allylic oxidation sites excluding steroid dienone is 10. The van der Waals surface area contributed by atoms with Gasteiger partial charge in [-0.25, -0.2) is 0 Å². The number of carbonyl (C=O) groups excluding carboxylic acids is 1. The Labute approximate surface area is 209 Å². The number of halogens is 1. The molecule has 1 aromatic carbocycles. The molecule has 1 unspecified atom stereocenters. The predicted octanol–water partition coefficient (Wildman–Crippen LogP) is 8.63. The first-order valence-electron chi connectivity index (χ1n) is 11.9. The van der Waals surface area contributed by atoms with Gasteiger partial charge in [0.05, 0.1) is 10.9 Å². The third kappa shape index (κ3) is 7.43. The van der Waals surface area contributed by atoms with Crippen LogP contribution in [0.5, 0.6) is 0 Å². The number of carboxylic acids is 1. The highest BCUT2D eigenvalue weighted by molar-refractivity contribution is 6.34. The second-order valence-electron chi connectivity index (χ2n) is 9.83. The van der Waals surface area contributed by atoms with Crippen LogP contribution in [0, 0.1) is 5.41 Å². The highest BCUT2D eigenvalue weighted by atomic mass is 35.5. The first-order chi connectivity index (χ1) is 16.0. The maximum absolute atomic E-state index is 12.7. The third-order valence-corrected chi connectivity index (χ3v) is 6.81. The van der Waals surface area contributed by atoms with Crippen molar-refractivity contribution in [1.29, 1.82) is 0 Å². The number of aliphatic carboxylic acids is 1. The summed E-state index contributed by atoms with van der Waals surface area (Å²) in [5, 5.41) is 9.60. The average molecular weight is 481 g/mol. The van der Waals surface area contributed by atoms with Crippen molar-refractivity contribution < 1.29 is 14.7 Å². The molecule has 3 nitrogen and oxygen atoms in total. The average Bonchev–Trinajstić information content (AvgIpc) is 2.73. The molecule has 1 aliphatic carbocycles. The predicted molar refractivity (Wildman–Crippen MR) is 143 cm³/mol. The van der Waals surface area contributed by atoms with Crippen LogP contribution in [0.4, 0.5) is 0 Å². The Morgan fingerprint density at radius 2 is 1.88 bits per heavy atom. The van der Waals surface area contributed by atoms with Crippen LogP contribution in [0.1, 0.15) is 89.1 Å². The Morgan fingerprint density at radius 3 is 2.47 bits per heavy atom. The van der Waals surface area contributed by atoms with E-state index in [1.165, 1.54) is 30.4 Å². The molecule has 1 N–H and O–H groups in total. The molecular formula is C30H37ClO3. The van der Waals surface area contributed by atoms with E-state index in [1.54, 1.807) is 24.3 Å². The van der Waals surface area contributed by atoms with Crippen molar-refractivity contribution in [3.05, 3.63) is 93.1 Å². The van der Waals surface area contributed by atoms with E-state index in [1.807, 2.05) is 32.1 Å². The van der Waals surface area contributed by atoms with Gasteiger partial charge in [0.1, 0.15) is 0 Å². The quantitative estimate of drug-likeness (QED) is 0.218. The van der Waals surface area contributed by atoms with Gasteiger partial charge < -0.3 is 5.11 Å². The molecule has 0 saturated heterocycles. The van der Waals surface area contributed by atoms with E-state index < -0.39 is 11.9 Å². The molecule has 182 valence electrons. The Kier molecular flexibility index (Phi) is 9.88. The molecule has 4 heteroatoms. The molecule has 0 saturated carbocycles. The number of benzene rings is 1. The number of carboxylic acid groups (broad SMARTS) is 1. The van der Waals surface area contributed by atoms with Crippen LogP contribution in [0.15, 0.2) is 76.9 Å². The minimum Gasteiger partial charge on any atom is -0.481 e. The summed E-state index contributed by atoms with van der Waals surface area (Å²) in [4.78, 5) is 24.1. The van der Waals surface area contributed by atoms with Crippen molar-refractivity contribution in [2.45, 2.75) is 73.1 Å². The van der Waals surface area contributed by atoms with Gasteiger partial charge in [-0.05, 0) is 86.8 Å². The lowest BCUT2D eigenvalue weighted by atomic mass is 9.72. The van der Waals surface area contributed by atoms with Gasteiger partial charge in [0.2, 0.25) is 0 Å². The summed E-state index contributed by atoms with van der Waals surface area (Å²) in [5.41, 5.74) is 6.06. The fourth-order valence-electron chi connectivity index (χ4n) is 4.47. The normalized spacial score (nSPS) is 18.1. The molecule has 0 heterocycles. The molecule has 0 radical (unpaired) electrons. The molecule has 0 aliphatic heterocycles. The Hall–Kier alpha value is -2.65. The Balaban J connectivity index is 2.09. The molecule has 0 fully saturated rings. The van der Waals surface area contributed by atoms with E-state index in [0.29, 0.717) is 17.5 Å². The van der Waals surface area contributed by atoms with Gasteiger partial charge in [-0.3, -0.25) is 9.59 Å². The maximum Gasteiger partial charge on any atom is 0.310 e. The van der Waals surface area contributed by atoms with Crippen molar-refractivity contribution in [1.82, 2.24) is 0 Å². The molecule has 2 rings (SSSR count). The van der Waals surface area contributed by atoms with Crippen molar-refractivity contribution in [2.24, 2.45) is 5.41 Å². The lowest BCUT2D eigenvalue weighted by Gasteiger charge is -2.32. The van der Waals surface area contributed by atoms with Crippen LogP contribution in [0.3, 0.4) is 0 Å². The van der Waals surface area contributed by atoms with Crippen LogP contribution in [0.25, 0.3) is 0 Å². The van der Waals surface area contributed by atoms with Gasteiger partial charge in [0, 0.05) is 5.56 Å². The first kappa shape index (κ1) is 27.6. The second-order valence-corrected chi connectivity index (χ2v) is 10.2. The zero-order valence-corrected chi connectivity index (χ0v) is 22.0. The van der Waals surface area contributed by atoms with Crippen LogP contribution >= 0.6 is 11.6 Å². The number of rotatable bonds is 9. The van der Waals surface area contributed by atoms with Crippen LogP contribution in [-0.2, 0) is 4.79 Å². The van der Waals surface area contributed by atoms with Gasteiger partial charge in [-0.15, -0.1) is 0 Å². The van der Waals surface area contributed by atoms with Gasteiger partial charge >= 0.3 is 5.97 Å². The monoisotopic (exact) mass is 480 g/mol. The highest BCUT2D eigenvalue weighted by Crippen LogP contribution is 2.40. The SMILES string of the molecule is CCC(C(=O)O)c1ccc(C(=O)/C=C(C)/C=C/C=C(C)/C=C/C2=C(C)CCCC2(C)C)c(Cl)c1. The zero-order valence-electron chi connectivity index (χ0n) is 21.2. The first-order valence-corrected chi connectivity index (χ1v) is 12.3. The summed E-state index contributed by atoms with van der Waals surface area (Å²) < 4.78 is 0. The van der Waals surface area contributed by atoms with Gasteiger partial charge in [0.25, 0.3) is 0 Å². The Bertz CT molecular complexity index is 1080. The highest BCUT2D eigenvalue weighted by Gasteiger charge is 2.26.